The van der Waals surface area contributed by atoms with E-state index in [4.69, 9.17) is 4.74 Å². The molecule has 0 aliphatic rings. The van der Waals surface area contributed by atoms with Crippen LogP contribution in [0.15, 0.2) is 90.0 Å². The zero-order valence-corrected chi connectivity index (χ0v) is 26.8. The van der Waals surface area contributed by atoms with E-state index in [1.807, 2.05) is 89.3 Å². The third-order valence-electron chi connectivity index (χ3n) is 7.43. The van der Waals surface area contributed by atoms with Gasteiger partial charge in [-0.15, -0.1) is 0 Å². The van der Waals surface area contributed by atoms with Crippen LogP contribution in [0, 0.1) is 19.8 Å². The van der Waals surface area contributed by atoms with Crippen molar-refractivity contribution >= 4 is 15.9 Å². The molecule has 2 atom stereocenters. The van der Waals surface area contributed by atoms with Gasteiger partial charge in [0.2, 0.25) is 10.0 Å². The number of amides is 1. The Hall–Kier alpha value is -3.99. The summed E-state index contributed by atoms with van der Waals surface area (Å²) < 4.78 is 36.6. The molecule has 0 fully saturated rings. The minimum absolute atomic E-state index is 0.00129. The summed E-state index contributed by atoms with van der Waals surface area (Å²) in [6, 6.07) is 23.0. The molecule has 3 aromatic carbocycles. The highest BCUT2D eigenvalue weighted by molar-refractivity contribution is 7.89. The first-order chi connectivity index (χ1) is 21.0. The SMILES string of the molecule is Cc1cccc(C)c1OCC(=O)N[C@@H](Cc1ccccc1)[C@H](O)CN(CC(C)C)S(=O)(=O)c1ccc(-c2ccnn2C)cc1. The second-order valence-electron chi connectivity index (χ2n) is 11.5. The van der Waals surface area contributed by atoms with Crippen LogP contribution in [0.25, 0.3) is 11.3 Å². The Balaban J connectivity index is 1.54. The molecule has 1 amide bonds. The van der Waals surface area contributed by atoms with Crippen LogP contribution in [0.3, 0.4) is 0 Å². The van der Waals surface area contributed by atoms with Crippen LogP contribution in [0.1, 0.15) is 30.5 Å². The van der Waals surface area contributed by atoms with E-state index in [2.05, 4.69) is 10.4 Å². The lowest BCUT2D eigenvalue weighted by Crippen LogP contribution is -2.52. The topological polar surface area (TPSA) is 114 Å². The van der Waals surface area contributed by atoms with E-state index in [0.29, 0.717) is 12.2 Å². The number of nitrogens with one attached hydrogen (secondary N) is 1. The Labute approximate surface area is 260 Å². The van der Waals surface area contributed by atoms with Crippen molar-refractivity contribution in [1.29, 1.82) is 0 Å². The first-order valence-corrected chi connectivity index (χ1v) is 16.2. The maximum Gasteiger partial charge on any atom is 0.258 e. The molecule has 0 unspecified atom stereocenters. The molecule has 0 saturated carbocycles. The number of aryl methyl sites for hydroxylation is 3. The van der Waals surface area contributed by atoms with Gasteiger partial charge in [0.15, 0.2) is 6.61 Å². The molecular weight excluding hydrogens is 576 g/mol. The van der Waals surface area contributed by atoms with Gasteiger partial charge in [-0.2, -0.15) is 9.40 Å². The van der Waals surface area contributed by atoms with Crippen LogP contribution in [-0.4, -0.2) is 65.4 Å². The van der Waals surface area contributed by atoms with Crippen molar-refractivity contribution in [1.82, 2.24) is 19.4 Å². The van der Waals surface area contributed by atoms with Crippen molar-refractivity contribution in [3.05, 3.63) is 102 Å². The number of aliphatic hydroxyl groups is 1. The summed E-state index contributed by atoms with van der Waals surface area (Å²) in [7, 11) is -2.14. The van der Waals surface area contributed by atoms with Gasteiger partial charge in [0, 0.05) is 26.3 Å². The maximum atomic E-state index is 13.9. The minimum Gasteiger partial charge on any atom is -0.483 e. The number of benzene rings is 3. The monoisotopic (exact) mass is 618 g/mol. The molecule has 1 heterocycles. The average Bonchev–Trinajstić information content (AvgIpc) is 3.42. The summed E-state index contributed by atoms with van der Waals surface area (Å²) in [4.78, 5) is 13.2. The normalized spacial score (nSPS) is 13.2. The largest absolute Gasteiger partial charge is 0.483 e. The minimum atomic E-state index is -3.96. The average molecular weight is 619 g/mol. The quantitative estimate of drug-likeness (QED) is 0.215. The summed E-state index contributed by atoms with van der Waals surface area (Å²) in [6.45, 7) is 7.45. The summed E-state index contributed by atoms with van der Waals surface area (Å²) in [5.74, 6) is 0.238. The number of hydrogen-bond donors (Lipinski definition) is 2. The van der Waals surface area contributed by atoms with Crippen molar-refractivity contribution in [2.75, 3.05) is 19.7 Å². The molecule has 10 heteroatoms. The number of sulfonamides is 1. The van der Waals surface area contributed by atoms with E-state index in [9.17, 15) is 18.3 Å². The van der Waals surface area contributed by atoms with Crippen LogP contribution < -0.4 is 10.1 Å². The summed E-state index contributed by atoms with van der Waals surface area (Å²) in [6.07, 6.45) is 0.805. The van der Waals surface area contributed by atoms with Gasteiger partial charge >= 0.3 is 0 Å². The van der Waals surface area contributed by atoms with E-state index < -0.39 is 28.1 Å². The number of carbonyl (C=O) groups excluding carboxylic acids is 1. The molecule has 0 saturated heterocycles. The number of hydrogen-bond acceptors (Lipinski definition) is 6. The lowest BCUT2D eigenvalue weighted by atomic mass is 10.0. The van der Waals surface area contributed by atoms with Crippen LogP contribution in [0.2, 0.25) is 0 Å². The Morgan fingerprint density at radius 3 is 2.20 bits per heavy atom. The van der Waals surface area contributed by atoms with Gasteiger partial charge in [-0.05, 0) is 66.6 Å². The van der Waals surface area contributed by atoms with E-state index >= 15 is 0 Å². The van der Waals surface area contributed by atoms with E-state index in [0.717, 1.165) is 27.9 Å². The summed E-state index contributed by atoms with van der Waals surface area (Å²) in [5.41, 5.74) is 4.44. The van der Waals surface area contributed by atoms with Crippen LogP contribution in [-0.2, 0) is 28.3 Å². The van der Waals surface area contributed by atoms with Crippen molar-refractivity contribution in [2.24, 2.45) is 13.0 Å². The predicted molar refractivity (Wildman–Crippen MR) is 172 cm³/mol. The lowest BCUT2D eigenvalue weighted by Gasteiger charge is -2.31. The van der Waals surface area contributed by atoms with Gasteiger partial charge in [0.05, 0.1) is 22.7 Å². The highest BCUT2D eigenvalue weighted by atomic mass is 32.2. The van der Waals surface area contributed by atoms with Gasteiger partial charge in [-0.25, -0.2) is 8.42 Å². The van der Waals surface area contributed by atoms with Crippen LogP contribution in [0.5, 0.6) is 5.75 Å². The first kappa shape index (κ1) is 32.9. The highest BCUT2D eigenvalue weighted by Gasteiger charge is 2.31. The molecule has 0 aliphatic heterocycles. The molecular formula is C34H42N4O5S. The molecule has 2 N–H and O–H groups in total. The smallest absolute Gasteiger partial charge is 0.258 e. The fourth-order valence-electron chi connectivity index (χ4n) is 5.18. The Kier molecular flexibility index (Phi) is 11.0. The summed E-state index contributed by atoms with van der Waals surface area (Å²) in [5, 5.41) is 18.6. The molecule has 0 spiro atoms. The predicted octanol–water partition coefficient (Wildman–Crippen LogP) is 4.52. The maximum absolute atomic E-state index is 13.9. The van der Waals surface area contributed by atoms with Gasteiger partial charge in [0.25, 0.3) is 5.91 Å². The van der Waals surface area contributed by atoms with E-state index in [1.54, 1.807) is 35.1 Å². The van der Waals surface area contributed by atoms with Gasteiger partial charge in [-0.1, -0.05) is 74.5 Å². The molecule has 9 nitrogen and oxygen atoms in total. The fourth-order valence-corrected chi connectivity index (χ4v) is 6.80. The lowest BCUT2D eigenvalue weighted by molar-refractivity contribution is -0.124. The van der Waals surface area contributed by atoms with Crippen molar-refractivity contribution in [3.63, 3.8) is 0 Å². The molecule has 44 heavy (non-hydrogen) atoms. The number of carbonyl (C=O) groups is 1. The molecule has 234 valence electrons. The molecule has 0 aliphatic carbocycles. The number of aliphatic hydroxyl groups excluding tert-OH is 1. The zero-order chi connectivity index (χ0) is 31.9. The molecule has 0 radical (unpaired) electrons. The van der Waals surface area contributed by atoms with Crippen molar-refractivity contribution in [2.45, 2.75) is 51.2 Å². The number of nitrogens with zero attached hydrogens (tertiary/aromatic N) is 3. The second-order valence-corrected chi connectivity index (χ2v) is 13.5. The van der Waals surface area contributed by atoms with Crippen molar-refractivity contribution in [3.8, 4) is 17.0 Å². The number of aromatic nitrogens is 2. The number of ether oxygens (including phenoxy) is 1. The standard InChI is InChI=1S/C34H42N4O5S/c1-24(2)21-38(44(41,42)29-16-14-28(15-17-29)31-18-19-35-37(31)5)22-32(39)30(20-27-12-7-6-8-13-27)36-33(40)23-43-34-25(3)10-9-11-26(34)4/h6-19,24,30,32,39H,20-23H2,1-5H3,(H,36,40)/t30-,32+/m0/s1. The highest BCUT2D eigenvalue weighted by Crippen LogP contribution is 2.24. The van der Waals surface area contributed by atoms with E-state index in [1.165, 1.54) is 4.31 Å². The third kappa shape index (κ3) is 8.34. The Morgan fingerprint density at radius 1 is 0.955 bits per heavy atom. The number of rotatable bonds is 14. The Morgan fingerprint density at radius 2 is 1.61 bits per heavy atom. The molecule has 4 rings (SSSR count). The molecule has 4 aromatic rings. The van der Waals surface area contributed by atoms with E-state index in [-0.39, 0.29) is 30.5 Å². The Bertz CT molecular complexity index is 1620. The molecule has 0 bridgehead atoms. The molecule has 1 aromatic heterocycles. The number of para-hydroxylation sites is 1. The van der Waals surface area contributed by atoms with Crippen LogP contribution >= 0.6 is 0 Å². The summed E-state index contributed by atoms with van der Waals surface area (Å²) >= 11 is 0. The fraction of sp³-hybridized carbons (Fsp3) is 0.353. The van der Waals surface area contributed by atoms with Gasteiger partial charge in [0.1, 0.15) is 5.75 Å². The van der Waals surface area contributed by atoms with Crippen LogP contribution in [0.4, 0.5) is 0 Å². The zero-order valence-electron chi connectivity index (χ0n) is 26.0. The van der Waals surface area contributed by atoms with Gasteiger partial charge < -0.3 is 15.2 Å². The van der Waals surface area contributed by atoms with Crippen molar-refractivity contribution < 1.29 is 23.1 Å². The van der Waals surface area contributed by atoms with Gasteiger partial charge in [-0.3, -0.25) is 9.48 Å². The first-order valence-electron chi connectivity index (χ1n) is 14.7. The third-order valence-corrected chi connectivity index (χ3v) is 9.28. The second kappa shape index (κ2) is 14.7.